The van der Waals surface area contributed by atoms with Gasteiger partial charge in [-0.15, -0.1) is 0 Å². The molecule has 37 heavy (non-hydrogen) atoms. The molecule has 1 aliphatic heterocycles. The maximum atomic E-state index is 13.2. The Kier molecular flexibility index (Phi) is 6.84. The van der Waals surface area contributed by atoms with Gasteiger partial charge in [-0.25, -0.2) is 26.8 Å². The second-order valence-corrected chi connectivity index (χ2v) is 12.6. The molecule has 1 aliphatic rings. The van der Waals surface area contributed by atoms with E-state index < -0.39 is 20.0 Å². The molecule has 0 radical (unpaired) electrons. The number of anilines is 3. The molecule has 0 saturated carbocycles. The molecule has 0 aliphatic carbocycles. The lowest BCUT2D eigenvalue weighted by Gasteiger charge is -2.26. The molecule has 5 rings (SSSR count). The summed E-state index contributed by atoms with van der Waals surface area (Å²) in [7, 11) is -7.60. The first-order chi connectivity index (χ1) is 17.7. The predicted molar refractivity (Wildman–Crippen MR) is 144 cm³/mol. The Balaban J connectivity index is 1.51. The van der Waals surface area contributed by atoms with Crippen LogP contribution in [0.1, 0.15) is 24.8 Å². The van der Waals surface area contributed by atoms with E-state index >= 15 is 0 Å². The van der Waals surface area contributed by atoms with Crippen LogP contribution in [-0.4, -0.2) is 44.2 Å². The summed E-state index contributed by atoms with van der Waals surface area (Å²) in [6.45, 7) is 2.88. The number of para-hydroxylation sites is 2. The van der Waals surface area contributed by atoms with Crippen LogP contribution in [0.2, 0.25) is 0 Å². The number of fused-ring (bicyclic) bond motifs is 1. The van der Waals surface area contributed by atoms with Crippen molar-refractivity contribution < 1.29 is 16.8 Å². The molecule has 2 heterocycles. The van der Waals surface area contributed by atoms with Gasteiger partial charge in [0.2, 0.25) is 10.0 Å². The molecule has 1 aromatic heterocycles. The van der Waals surface area contributed by atoms with E-state index in [1.807, 2.05) is 13.0 Å². The van der Waals surface area contributed by atoms with Gasteiger partial charge in [0, 0.05) is 18.8 Å². The van der Waals surface area contributed by atoms with E-state index in [9.17, 15) is 16.8 Å². The molecule has 0 bridgehead atoms. The van der Waals surface area contributed by atoms with Crippen molar-refractivity contribution >= 4 is 48.4 Å². The average Bonchev–Trinajstić information content (AvgIpc) is 2.90. The zero-order valence-corrected chi connectivity index (χ0v) is 21.9. The van der Waals surface area contributed by atoms with Crippen molar-refractivity contribution in [3.8, 4) is 0 Å². The number of aryl methyl sites for hydroxylation is 1. The molecule has 3 aromatic carbocycles. The molecular formula is C26H27N5O4S2. The number of nitrogens with one attached hydrogen (secondary N) is 2. The lowest BCUT2D eigenvalue weighted by atomic mass is 10.2. The Morgan fingerprint density at radius 2 is 1.38 bits per heavy atom. The molecule has 11 heteroatoms. The Hall–Kier alpha value is -3.54. The van der Waals surface area contributed by atoms with Crippen molar-refractivity contribution in [2.24, 2.45) is 0 Å². The van der Waals surface area contributed by atoms with Crippen molar-refractivity contribution in [2.45, 2.75) is 36.0 Å². The number of hydrogen-bond acceptors (Lipinski definition) is 7. The summed E-state index contributed by atoms with van der Waals surface area (Å²) in [4.78, 5) is 9.34. The van der Waals surface area contributed by atoms with Gasteiger partial charge in [-0.1, -0.05) is 42.3 Å². The molecule has 1 saturated heterocycles. The molecule has 0 unspecified atom stereocenters. The van der Waals surface area contributed by atoms with E-state index in [2.05, 4.69) is 20.0 Å². The van der Waals surface area contributed by atoms with Gasteiger partial charge < -0.3 is 5.32 Å². The van der Waals surface area contributed by atoms with Crippen LogP contribution in [0.3, 0.4) is 0 Å². The molecule has 0 amide bonds. The van der Waals surface area contributed by atoms with Gasteiger partial charge in [0.25, 0.3) is 10.0 Å². The van der Waals surface area contributed by atoms with Crippen molar-refractivity contribution in [2.75, 3.05) is 23.1 Å². The van der Waals surface area contributed by atoms with E-state index in [1.54, 1.807) is 48.5 Å². The topological polar surface area (TPSA) is 121 Å². The van der Waals surface area contributed by atoms with E-state index in [1.165, 1.54) is 22.5 Å². The second-order valence-electron chi connectivity index (χ2n) is 8.95. The van der Waals surface area contributed by atoms with Crippen molar-refractivity contribution in [3.63, 3.8) is 0 Å². The van der Waals surface area contributed by atoms with Crippen LogP contribution in [0.25, 0.3) is 11.0 Å². The molecule has 1 fully saturated rings. The summed E-state index contributed by atoms with van der Waals surface area (Å²) < 4.78 is 56.7. The van der Waals surface area contributed by atoms with Crippen LogP contribution in [0.5, 0.6) is 0 Å². The van der Waals surface area contributed by atoms with Crippen LogP contribution < -0.4 is 10.0 Å². The number of sulfonamides is 2. The Bertz CT molecular complexity index is 1650. The minimum atomic E-state index is -3.95. The summed E-state index contributed by atoms with van der Waals surface area (Å²) in [5, 5.41) is 3.08. The molecular weight excluding hydrogens is 510 g/mol. The summed E-state index contributed by atoms with van der Waals surface area (Å²) in [5.74, 6) is 0.158. The van der Waals surface area contributed by atoms with E-state index in [0.717, 1.165) is 24.8 Å². The number of piperidine rings is 1. The lowest BCUT2D eigenvalue weighted by molar-refractivity contribution is 0.346. The first-order valence-corrected chi connectivity index (χ1v) is 14.9. The minimum absolute atomic E-state index is 0.00330. The third-order valence-corrected chi connectivity index (χ3v) is 9.43. The predicted octanol–water partition coefficient (Wildman–Crippen LogP) is 4.66. The zero-order chi connectivity index (χ0) is 26.0. The summed E-state index contributed by atoms with van der Waals surface area (Å²) >= 11 is 0. The van der Waals surface area contributed by atoms with Crippen molar-refractivity contribution in [3.05, 3.63) is 78.4 Å². The standard InChI is InChI=1S/C26H27N5O4S2/c1-19-12-14-21(15-13-19)36(32,33)30-26-25(28-23-10-3-4-11-24(23)29-26)27-20-8-7-9-22(18-20)37(34,35)31-16-5-2-6-17-31/h3-4,7-15,18H,2,5-6,16-17H2,1H3,(H,27,28)(H,29,30). The van der Waals surface area contributed by atoms with Crippen LogP contribution in [0.15, 0.2) is 82.6 Å². The van der Waals surface area contributed by atoms with Gasteiger partial charge in [-0.2, -0.15) is 4.31 Å². The highest BCUT2D eigenvalue weighted by molar-refractivity contribution is 7.92. The first-order valence-electron chi connectivity index (χ1n) is 12.0. The summed E-state index contributed by atoms with van der Waals surface area (Å²) in [6, 6.07) is 20.0. The summed E-state index contributed by atoms with van der Waals surface area (Å²) in [5.41, 5.74) is 2.45. The van der Waals surface area contributed by atoms with Crippen LogP contribution in [0.4, 0.5) is 17.3 Å². The Morgan fingerprint density at radius 1 is 0.730 bits per heavy atom. The van der Waals surface area contributed by atoms with E-state index in [0.29, 0.717) is 29.8 Å². The average molecular weight is 538 g/mol. The fraction of sp³-hybridized carbons (Fsp3) is 0.231. The van der Waals surface area contributed by atoms with Gasteiger partial charge in [-0.3, -0.25) is 4.72 Å². The molecule has 9 nitrogen and oxygen atoms in total. The van der Waals surface area contributed by atoms with E-state index in [4.69, 9.17) is 0 Å². The monoisotopic (exact) mass is 537 g/mol. The molecule has 0 spiro atoms. The third kappa shape index (κ3) is 5.43. The zero-order valence-electron chi connectivity index (χ0n) is 20.3. The van der Waals surface area contributed by atoms with Crippen LogP contribution in [0, 0.1) is 6.92 Å². The highest BCUT2D eigenvalue weighted by Gasteiger charge is 2.26. The van der Waals surface area contributed by atoms with Crippen molar-refractivity contribution in [1.82, 2.24) is 14.3 Å². The lowest BCUT2D eigenvalue weighted by Crippen LogP contribution is -2.35. The fourth-order valence-corrected chi connectivity index (χ4v) is 6.76. The van der Waals surface area contributed by atoms with Gasteiger partial charge >= 0.3 is 0 Å². The van der Waals surface area contributed by atoms with Crippen LogP contribution in [-0.2, 0) is 20.0 Å². The van der Waals surface area contributed by atoms with Gasteiger partial charge in [0.05, 0.1) is 20.8 Å². The highest BCUT2D eigenvalue weighted by Crippen LogP contribution is 2.29. The van der Waals surface area contributed by atoms with Gasteiger partial charge in [-0.05, 0) is 62.2 Å². The van der Waals surface area contributed by atoms with Gasteiger partial charge in [0.15, 0.2) is 11.6 Å². The molecule has 192 valence electrons. The molecule has 2 N–H and O–H groups in total. The molecule has 0 atom stereocenters. The smallest absolute Gasteiger partial charge is 0.263 e. The maximum Gasteiger partial charge on any atom is 0.263 e. The number of aromatic nitrogens is 2. The first kappa shape index (κ1) is 25.1. The van der Waals surface area contributed by atoms with E-state index in [-0.39, 0.29) is 21.4 Å². The van der Waals surface area contributed by atoms with Gasteiger partial charge in [0.1, 0.15) is 0 Å². The fourth-order valence-electron chi connectivity index (χ4n) is 4.19. The number of nitrogens with zero attached hydrogens (tertiary/aromatic N) is 3. The number of rotatable bonds is 7. The minimum Gasteiger partial charge on any atom is -0.337 e. The number of benzene rings is 3. The molecule has 4 aromatic rings. The van der Waals surface area contributed by atoms with Crippen molar-refractivity contribution in [1.29, 1.82) is 0 Å². The quantitative estimate of drug-likeness (QED) is 0.352. The second kappa shape index (κ2) is 10.1. The SMILES string of the molecule is Cc1ccc(S(=O)(=O)Nc2nc3ccccc3nc2Nc2cccc(S(=O)(=O)N3CCCCC3)c2)cc1. The highest BCUT2D eigenvalue weighted by atomic mass is 32.2. The maximum absolute atomic E-state index is 13.2. The third-order valence-electron chi connectivity index (χ3n) is 6.18. The van der Waals surface area contributed by atoms with Crippen LogP contribution >= 0.6 is 0 Å². The largest absolute Gasteiger partial charge is 0.337 e. The number of hydrogen-bond donors (Lipinski definition) is 2. The summed E-state index contributed by atoms with van der Waals surface area (Å²) in [6.07, 6.45) is 2.71. The normalized spacial score (nSPS) is 14.9. The Labute approximate surface area is 216 Å². The Morgan fingerprint density at radius 3 is 2.05 bits per heavy atom.